The summed E-state index contributed by atoms with van der Waals surface area (Å²) in [6, 6.07) is 14.4. The number of fused-ring (bicyclic) bond motifs is 3. The number of rotatable bonds is 3. The maximum absolute atomic E-state index is 12.3. The minimum Gasteiger partial charge on any atom is -0.318 e. The molecule has 2 saturated carbocycles. The zero-order valence-corrected chi connectivity index (χ0v) is 13.4. The lowest BCUT2D eigenvalue weighted by Crippen LogP contribution is -2.22. The zero-order valence-electron chi connectivity index (χ0n) is 13.4. The molecule has 3 nitrogen and oxygen atoms in total. The fourth-order valence-corrected chi connectivity index (χ4v) is 4.18. The fourth-order valence-electron chi connectivity index (χ4n) is 4.18. The molecule has 0 amide bonds. The lowest BCUT2D eigenvalue weighted by Gasteiger charge is -2.18. The van der Waals surface area contributed by atoms with Crippen LogP contribution in [0.5, 0.6) is 0 Å². The van der Waals surface area contributed by atoms with Crippen LogP contribution in [0.4, 0.5) is 0 Å². The molecule has 4 rings (SSSR count). The lowest BCUT2D eigenvalue weighted by atomic mass is 9.89. The number of hydrogen-bond donors (Lipinski definition) is 0. The minimum atomic E-state index is -0.141. The van der Waals surface area contributed by atoms with E-state index in [1.165, 1.54) is 30.0 Å². The summed E-state index contributed by atoms with van der Waals surface area (Å²) < 4.78 is 0. The van der Waals surface area contributed by atoms with Crippen molar-refractivity contribution in [2.75, 3.05) is 0 Å². The molecule has 0 aromatic heterocycles. The highest BCUT2D eigenvalue weighted by Gasteiger charge is 2.44. The van der Waals surface area contributed by atoms with E-state index in [1.807, 2.05) is 25.1 Å². The van der Waals surface area contributed by atoms with Gasteiger partial charge in [-0.15, -0.1) is 0 Å². The van der Waals surface area contributed by atoms with Crippen molar-refractivity contribution in [2.45, 2.75) is 32.6 Å². The van der Waals surface area contributed by atoms with Crippen LogP contribution in [0.3, 0.4) is 0 Å². The molecule has 118 valence electrons. The van der Waals surface area contributed by atoms with Crippen molar-refractivity contribution < 1.29 is 9.63 Å². The summed E-state index contributed by atoms with van der Waals surface area (Å²) in [5.74, 6) is 1.20. The van der Waals surface area contributed by atoms with E-state index in [-0.39, 0.29) is 11.9 Å². The molecule has 3 atom stereocenters. The van der Waals surface area contributed by atoms with E-state index < -0.39 is 0 Å². The first-order valence-corrected chi connectivity index (χ1v) is 8.45. The van der Waals surface area contributed by atoms with Gasteiger partial charge in [-0.25, -0.2) is 4.79 Å². The first-order chi connectivity index (χ1) is 11.2. The van der Waals surface area contributed by atoms with Crippen LogP contribution in [-0.2, 0) is 9.63 Å². The highest BCUT2D eigenvalue weighted by molar-refractivity contribution is 6.01. The Hall–Kier alpha value is -2.16. The van der Waals surface area contributed by atoms with Gasteiger partial charge in [0.15, 0.2) is 0 Å². The summed E-state index contributed by atoms with van der Waals surface area (Å²) in [4.78, 5) is 17.5. The molecule has 3 heteroatoms. The first kappa shape index (κ1) is 14.4. The Morgan fingerprint density at radius 3 is 2.65 bits per heavy atom. The Balaban J connectivity index is 1.48. The van der Waals surface area contributed by atoms with E-state index in [2.05, 4.69) is 29.4 Å². The van der Waals surface area contributed by atoms with Gasteiger partial charge in [0, 0.05) is 0 Å². The van der Waals surface area contributed by atoms with E-state index >= 15 is 0 Å². The van der Waals surface area contributed by atoms with Crippen LogP contribution in [0.25, 0.3) is 10.8 Å². The third-order valence-electron chi connectivity index (χ3n) is 5.48. The Morgan fingerprint density at radius 1 is 1.09 bits per heavy atom. The van der Waals surface area contributed by atoms with Crippen LogP contribution in [0.2, 0.25) is 0 Å². The molecule has 2 aliphatic rings. The summed E-state index contributed by atoms with van der Waals surface area (Å²) in [6.45, 7) is 1.89. The molecule has 2 aromatic carbocycles. The Kier molecular flexibility index (Phi) is 3.64. The van der Waals surface area contributed by atoms with Gasteiger partial charge in [-0.1, -0.05) is 48.0 Å². The van der Waals surface area contributed by atoms with Crippen molar-refractivity contribution in [3.63, 3.8) is 0 Å². The standard InChI is InChI=1S/C20H21NO2/c1-13(16-9-8-15-4-2-3-5-17(15)12-16)21-23-20(22)19-11-14-6-7-18(19)10-14/h2-5,8-9,12,14,18-19H,6-7,10-11H2,1H3/b21-13+. The van der Waals surface area contributed by atoms with E-state index in [0.29, 0.717) is 5.92 Å². The van der Waals surface area contributed by atoms with Gasteiger partial charge in [-0.3, -0.25) is 0 Å². The van der Waals surface area contributed by atoms with Gasteiger partial charge in [-0.05, 0) is 60.4 Å². The van der Waals surface area contributed by atoms with Crippen LogP contribution < -0.4 is 0 Å². The fraction of sp³-hybridized carbons (Fsp3) is 0.400. The predicted octanol–water partition coefficient (Wildman–Crippen LogP) is 4.54. The van der Waals surface area contributed by atoms with Crippen LogP contribution >= 0.6 is 0 Å². The second kappa shape index (κ2) is 5.80. The van der Waals surface area contributed by atoms with Gasteiger partial charge in [-0.2, -0.15) is 0 Å². The molecule has 0 radical (unpaired) electrons. The summed E-state index contributed by atoms with van der Waals surface area (Å²) in [6.07, 6.45) is 4.66. The molecule has 0 N–H and O–H groups in total. The van der Waals surface area contributed by atoms with Gasteiger partial charge in [0.1, 0.15) is 0 Å². The summed E-state index contributed by atoms with van der Waals surface area (Å²) in [5, 5.41) is 6.46. The smallest absolute Gasteiger partial charge is 0.318 e. The van der Waals surface area contributed by atoms with Crippen LogP contribution in [0.15, 0.2) is 47.6 Å². The summed E-state index contributed by atoms with van der Waals surface area (Å²) >= 11 is 0. The van der Waals surface area contributed by atoms with Crippen LogP contribution in [0.1, 0.15) is 38.2 Å². The third kappa shape index (κ3) is 2.76. The molecule has 3 unspecified atom stereocenters. The van der Waals surface area contributed by atoms with E-state index in [9.17, 15) is 4.79 Å². The summed E-state index contributed by atoms with van der Waals surface area (Å²) in [7, 11) is 0. The van der Waals surface area contributed by atoms with Crippen molar-refractivity contribution in [1.29, 1.82) is 0 Å². The Morgan fingerprint density at radius 2 is 1.91 bits per heavy atom. The second-order valence-corrected chi connectivity index (χ2v) is 6.93. The first-order valence-electron chi connectivity index (χ1n) is 8.45. The molecular weight excluding hydrogens is 286 g/mol. The van der Waals surface area contributed by atoms with Crippen molar-refractivity contribution in [3.8, 4) is 0 Å². The van der Waals surface area contributed by atoms with Crippen LogP contribution in [0, 0.1) is 17.8 Å². The second-order valence-electron chi connectivity index (χ2n) is 6.93. The molecule has 2 aliphatic carbocycles. The number of benzene rings is 2. The SMILES string of the molecule is C/C(=N\OC(=O)C1CC2CCC1C2)c1ccc2ccccc2c1. The lowest BCUT2D eigenvalue weighted by molar-refractivity contribution is -0.150. The molecule has 23 heavy (non-hydrogen) atoms. The van der Waals surface area contributed by atoms with Gasteiger partial charge in [0.25, 0.3) is 0 Å². The maximum Gasteiger partial charge on any atom is 0.338 e. The van der Waals surface area contributed by atoms with Crippen molar-refractivity contribution in [2.24, 2.45) is 22.9 Å². The predicted molar refractivity (Wildman–Crippen MR) is 91.2 cm³/mol. The molecule has 0 spiro atoms. The molecule has 2 aromatic rings. The largest absolute Gasteiger partial charge is 0.338 e. The van der Waals surface area contributed by atoms with Crippen molar-refractivity contribution >= 4 is 22.5 Å². The monoisotopic (exact) mass is 307 g/mol. The van der Waals surface area contributed by atoms with E-state index in [1.54, 1.807) is 0 Å². The number of oxime groups is 1. The summed E-state index contributed by atoms with van der Waals surface area (Å²) in [5.41, 5.74) is 1.73. The molecule has 0 aliphatic heterocycles. The average Bonchev–Trinajstić information content (AvgIpc) is 3.22. The maximum atomic E-state index is 12.3. The Labute approximate surface area is 136 Å². The molecule has 0 saturated heterocycles. The zero-order chi connectivity index (χ0) is 15.8. The van der Waals surface area contributed by atoms with Gasteiger partial charge >= 0.3 is 5.97 Å². The Bertz CT molecular complexity index is 780. The quantitative estimate of drug-likeness (QED) is 0.474. The van der Waals surface area contributed by atoms with Crippen LogP contribution in [-0.4, -0.2) is 11.7 Å². The highest BCUT2D eigenvalue weighted by atomic mass is 16.7. The van der Waals surface area contributed by atoms with Gasteiger partial charge in [0.05, 0.1) is 11.6 Å². The number of hydrogen-bond acceptors (Lipinski definition) is 3. The molecule has 0 heterocycles. The van der Waals surface area contributed by atoms with Gasteiger partial charge in [0.2, 0.25) is 0 Å². The number of carbonyl (C=O) groups excluding carboxylic acids is 1. The van der Waals surface area contributed by atoms with E-state index in [0.717, 1.165) is 23.6 Å². The third-order valence-corrected chi connectivity index (χ3v) is 5.48. The van der Waals surface area contributed by atoms with E-state index in [4.69, 9.17) is 4.84 Å². The number of nitrogens with zero attached hydrogens (tertiary/aromatic N) is 1. The molecule has 2 fully saturated rings. The van der Waals surface area contributed by atoms with Gasteiger partial charge < -0.3 is 4.84 Å². The topological polar surface area (TPSA) is 38.7 Å². The average molecular weight is 307 g/mol. The highest BCUT2D eigenvalue weighted by Crippen LogP contribution is 2.48. The number of carbonyl (C=O) groups is 1. The normalized spacial score (nSPS) is 26.7. The molecule has 2 bridgehead atoms. The minimum absolute atomic E-state index is 0.0712. The van der Waals surface area contributed by atoms with Crippen molar-refractivity contribution in [1.82, 2.24) is 0 Å². The van der Waals surface area contributed by atoms with Crippen molar-refractivity contribution in [3.05, 3.63) is 48.0 Å². The molecular formula is C20H21NO2.